The normalized spacial score (nSPS) is 10.5. The molecule has 0 saturated heterocycles. The van der Waals surface area contributed by atoms with Gasteiger partial charge in [-0.2, -0.15) is 5.10 Å². The first-order chi connectivity index (χ1) is 8.90. The highest BCUT2D eigenvalue weighted by Crippen LogP contribution is 2.20. The summed E-state index contributed by atoms with van der Waals surface area (Å²) in [6.07, 6.45) is 1.31. The fraction of sp³-hybridized carbons (Fsp3) is 0.167. The highest BCUT2D eigenvalue weighted by atomic mass is 19.1. The van der Waals surface area contributed by atoms with Gasteiger partial charge in [-0.3, -0.25) is 4.79 Å². The molecule has 0 atom stereocenters. The lowest BCUT2D eigenvalue weighted by Gasteiger charge is -2.08. The number of hydrogen-bond acceptors (Lipinski definition) is 3. The van der Waals surface area contributed by atoms with Crippen molar-refractivity contribution in [3.63, 3.8) is 0 Å². The van der Waals surface area contributed by atoms with E-state index in [2.05, 4.69) is 5.10 Å². The summed E-state index contributed by atoms with van der Waals surface area (Å²) in [5, 5.41) is 3.86. The van der Waals surface area contributed by atoms with E-state index in [0.717, 1.165) is 16.8 Å². The van der Waals surface area contributed by atoms with Crippen molar-refractivity contribution in [3.8, 4) is 5.69 Å². The van der Waals surface area contributed by atoms with Crippen LogP contribution in [0.5, 0.6) is 0 Å². The average molecular weight is 266 g/mol. The van der Waals surface area contributed by atoms with Crippen LogP contribution in [-0.2, 0) is 0 Å². The number of amides is 1. The van der Waals surface area contributed by atoms with Crippen molar-refractivity contribution < 1.29 is 13.6 Å². The number of carbonyl (C=O) groups is 1. The van der Waals surface area contributed by atoms with Crippen LogP contribution in [0.25, 0.3) is 5.69 Å². The number of carbonyl (C=O) groups excluding carboxylic acids is 1. The van der Waals surface area contributed by atoms with Crippen molar-refractivity contribution in [2.75, 3.05) is 19.8 Å². The fourth-order valence-corrected chi connectivity index (χ4v) is 1.60. The molecule has 100 valence electrons. The molecule has 1 amide bonds. The van der Waals surface area contributed by atoms with Crippen LogP contribution < -0.4 is 5.73 Å². The summed E-state index contributed by atoms with van der Waals surface area (Å²) in [7, 11) is 3.12. The number of rotatable bonds is 2. The Morgan fingerprint density at radius 1 is 1.32 bits per heavy atom. The predicted molar refractivity (Wildman–Crippen MR) is 65.9 cm³/mol. The zero-order valence-corrected chi connectivity index (χ0v) is 10.4. The molecule has 0 aliphatic rings. The largest absolute Gasteiger partial charge is 0.399 e. The Labute approximate surface area is 108 Å². The van der Waals surface area contributed by atoms with Crippen LogP contribution in [0.1, 0.15) is 10.5 Å². The summed E-state index contributed by atoms with van der Waals surface area (Å²) in [6.45, 7) is 0. The van der Waals surface area contributed by atoms with Gasteiger partial charge in [0, 0.05) is 26.0 Å². The lowest BCUT2D eigenvalue weighted by atomic mass is 10.2. The number of benzene rings is 1. The number of nitrogen functional groups attached to an aromatic ring is 1. The molecule has 0 aliphatic carbocycles. The highest BCUT2D eigenvalue weighted by molar-refractivity contribution is 5.91. The van der Waals surface area contributed by atoms with Crippen LogP contribution in [-0.4, -0.2) is 34.7 Å². The van der Waals surface area contributed by atoms with E-state index in [0.29, 0.717) is 0 Å². The SMILES string of the molecule is CN(C)C(=O)c1ccn(-c2c(F)cc(N)cc2F)n1. The Morgan fingerprint density at radius 3 is 2.42 bits per heavy atom. The third-order valence-electron chi connectivity index (χ3n) is 2.48. The van der Waals surface area contributed by atoms with Gasteiger partial charge in [0.1, 0.15) is 5.69 Å². The maximum absolute atomic E-state index is 13.7. The van der Waals surface area contributed by atoms with Gasteiger partial charge in [0.15, 0.2) is 17.3 Å². The summed E-state index contributed by atoms with van der Waals surface area (Å²) < 4.78 is 28.4. The van der Waals surface area contributed by atoms with E-state index >= 15 is 0 Å². The third kappa shape index (κ3) is 2.40. The van der Waals surface area contributed by atoms with Crippen LogP contribution in [0.2, 0.25) is 0 Å². The Balaban J connectivity index is 2.47. The van der Waals surface area contributed by atoms with Crippen molar-refractivity contribution in [3.05, 3.63) is 41.7 Å². The van der Waals surface area contributed by atoms with Crippen molar-refractivity contribution in [2.45, 2.75) is 0 Å². The minimum atomic E-state index is -0.843. The second kappa shape index (κ2) is 4.68. The van der Waals surface area contributed by atoms with E-state index < -0.39 is 11.6 Å². The van der Waals surface area contributed by atoms with Crippen LogP contribution in [0.4, 0.5) is 14.5 Å². The van der Waals surface area contributed by atoms with Crippen LogP contribution in [0, 0.1) is 11.6 Å². The quantitative estimate of drug-likeness (QED) is 0.836. The molecule has 5 nitrogen and oxygen atoms in total. The van der Waals surface area contributed by atoms with E-state index in [1.54, 1.807) is 14.1 Å². The maximum Gasteiger partial charge on any atom is 0.273 e. The van der Waals surface area contributed by atoms with Gasteiger partial charge in [0.05, 0.1) is 0 Å². The van der Waals surface area contributed by atoms with Crippen molar-refractivity contribution >= 4 is 11.6 Å². The highest BCUT2D eigenvalue weighted by Gasteiger charge is 2.16. The van der Waals surface area contributed by atoms with Gasteiger partial charge < -0.3 is 10.6 Å². The zero-order valence-electron chi connectivity index (χ0n) is 10.4. The number of nitrogens with zero attached hydrogens (tertiary/aromatic N) is 3. The Hall–Kier alpha value is -2.44. The van der Waals surface area contributed by atoms with E-state index in [1.165, 1.54) is 17.2 Å². The molecular weight excluding hydrogens is 254 g/mol. The second-order valence-corrected chi connectivity index (χ2v) is 4.18. The number of hydrogen-bond donors (Lipinski definition) is 1. The standard InChI is InChI=1S/C12H12F2N4O/c1-17(2)12(19)10-3-4-18(16-10)11-8(13)5-7(15)6-9(11)14/h3-6H,15H2,1-2H3. The van der Waals surface area contributed by atoms with Gasteiger partial charge >= 0.3 is 0 Å². The van der Waals surface area contributed by atoms with E-state index in [-0.39, 0.29) is 23.0 Å². The van der Waals surface area contributed by atoms with Gasteiger partial charge in [-0.1, -0.05) is 0 Å². The minimum absolute atomic E-state index is 0.0181. The monoisotopic (exact) mass is 266 g/mol. The molecule has 1 heterocycles. The molecular formula is C12H12F2N4O. The third-order valence-corrected chi connectivity index (χ3v) is 2.48. The molecule has 2 rings (SSSR count). The van der Waals surface area contributed by atoms with E-state index in [9.17, 15) is 13.6 Å². The summed E-state index contributed by atoms with van der Waals surface area (Å²) in [5.41, 5.74) is 5.04. The Morgan fingerprint density at radius 2 is 1.89 bits per heavy atom. The molecule has 1 aromatic heterocycles. The van der Waals surface area contributed by atoms with Gasteiger partial charge in [-0.05, 0) is 18.2 Å². The summed E-state index contributed by atoms with van der Waals surface area (Å²) in [4.78, 5) is 13.0. The molecule has 0 bridgehead atoms. The number of halogens is 2. The molecule has 0 saturated carbocycles. The predicted octanol–water partition coefficient (Wildman–Crippen LogP) is 1.43. The Bertz CT molecular complexity index is 613. The van der Waals surface area contributed by atoms with E-state index in [1.807, 2.05) is 0 Å². The Kier molecular flexibility index (Phi) is 3.20. The van der Waals surface area contributed by atoms with Crippen molar-refractivity contribution in [1.29, 1.82) is 0 Å². The molecule has 0 unspecified atom stereocenters. The summed E-state index contributed by atoms with van der Waals surface area (Å²) in [5.74, 6) is -2.04. The second-order valence-electron chi connectivity index (χ2n) is 4.18. The molecule has 0 fully saturated rings. The summed E-state index contributed by atoms with van der Waals surface area (Å²) in [6, 6.07) is 3.37. The molecule has 0 spiro atoms. The molecule has 2 N–H and O–H groups in total. The molecule has 2 aromatic rings. The molecule has 0 aliphatic heterocycles. The molecule has 1 aromatic carbocycles. The topological polar surface area (TPSA) is 64.2 Å². The lowest BCUT2D eigenvalue weighted by Crippen LogP contribution is -2.22. The average Bonchev–Trinajstić information content (AvgIpc) is 2.75. The minimum Gasteiger partial charge on any atom is -0.399 e. The number of aromatic nitrogens is 2. The fourth-order valence-electron chi connectivity index (χ4n) is 1.60. The summed E-state index contributed by atoms with van der Waals surface area (Å²) >= 11 is 0. The maximum atomic E-state index is 13.7. The molecule has 7 heteroatoms. The number of anilines is 1. The van der Waals surface area contributed by atoms with Crippen LogP contribution in [0.3, 0.4) is 0 Å². The first-order valence-corrected chi connectivity index (χ1v) is 5.42. The molecule has 19 heavy (non-hydrogen) atoms. The molecule has 0 radical (unpaired) electrons. The first kappa shape index (κ1) is 13.0. The van der Waals surface area contributed by atoms with Crippen LogP contribution >= 0.6 is 0 Å². The smallest absolute Gasteiger partial charge is 0.273 e. The lowest BCUT2D eigenvalue weighted by molar-refractivity contribution is 0.0821. The van der Waals surface area contributed by atoms with Gasteiger partial charge in [0.25, 0.3) is 5.91 Å². The first-order valence-electron chi connectivity index (χ1n) is 5.42. The van der Waals surface area contributed by atoms with E-state index in [4.69, 9.17) is 5.73 Å². The van der Waals surface area contributed by atoms with Gasteiger partial charge in [-0.25, -0.2) is 13.5 Å². The van der Waals surface area contributed by atoms with Gasteiger partial charge in [0.2, 0.25) is 0 Å². The van der Waals surface area contributed by atoms with Crippen LogP contribution in [0.15, 0.2) is 24.4 Å². The van der Waals surface area contributed by atoms with Crippen molar-refractivity contribution in [2.24, 2.45) is 0 Å². The van der Waals surface area contributed by atoms with Crippen molar-refractivity contribution in [1.82, 2.24) is 14.7 Å². The number of nitrogens with two attached hydrogens (primary N) is 1. The zero-order chi connectivity index (χ0) is 14.2. The van der Waals surface area contributed by atoms with Gasteiger partial charge in [-0.15, -0.1) is 0 Å².